The average Bonchev–Trinajstić information content (AvgIpc) is 2.50. The molecule has 0 N–H and O–H groups in total. The van der Waals surface area contributed by atoms with Crippen molar-refractivity contribution in [2.75, 3.05) is 0 Å². The third-order valence-electron chi connectivity index (χ3n) is 3.33. The normalized spacial score (nSPS) is 11.7. The number of hydrogen-bond donors (Lipinski definition) is 0. The molecule has 0 bridgehead atoms. The first-order chi connectivity index (χ1) is 10.1. The van der Waals surface area contributed by atoms with Crippen LogP contribution in [0, 0.1) is 17.1 Å². The largest absolute Gasteiger partial charge is 0.292 e. The van der Waals surface area contributed by atoms with E-state index in [1.165, 1.54) is 18.2 Å². The maximum atomic E-state index is 13.9. The summed E-state index contributed by atoms with van der Waals surface area (Å²) in [7, 11) is 0. The minimum Gasteiger partial charge on any atom is -0.292 e. The first-order valence-corrected chi connectivity index (χ1v) is 6.93. The number of nitrogens with zero attached hydrogens (tertiary/aromatic N) is 1. The fourth-order valence-corrected chi connectivity index (χ4v) is 2.38. The Morgan fingerprint density at radius 2 is 1.95 bits per heavy atom. The van der Waals surface area contributed by atoms with Gasteiger partial charge in [0.2, 0.25) is 0 Å². The van der Waals surface area contributed by atoms with Crippen LogP contribution in [-0.4, -0.2) is 5.78 Å². The third kappa shape index (κ3) is 3.12. The molecular formula is C17H13ClFNO. The Balaban J connectivity index is 2.41. The molecule has 0 aromatic heterocycles. The lowest BCUT2D eigenvalue weighted by atomic mass is 9.91. The molecule has 21 heavy (non-hydrogen) atoms. The van der Waals surface area contributed by atoms with Gasteiger partial charge in [0.25, 0.3) is 0 Å². The molecule has 0 heterocycles. The Labute approximate surface area is 127 Å². The number of aryl methyl sites for hydroxylation is 1. The van der Waals surface area contributed by atoms with Crippen LogP contribution in [0.2, 0.25) is 5.02 Å². The van der Waals surface area contributed by atoms with Gasteiger partial charge in [-0.15, -0.1) is 0 Å². The molecule has 2 nitrogen and oxygen atoms in total. The molecule has 0 aliphatic carbocycles. The summed E-state index contributed by atoms with van der Waals surface area (Å²) in [6.07, 6.45) is 0.856. The number of halogens is 2. The van der Waals surface area contributed by atoms with Crippen LogP contribution >= 0.6 is 11.6 Å². The fourth-order valence-electron chi connectivity index (χ4n) is 2.11. The van der Waals surface area contributed by atoms with E-state index in [0.717, 1.165) is 12.0 Å². The first-order valence-electron chi connectivity index (χ1n) is 6.55. The van der Waals surface area contributed by atoms with E-state index in [1.54, 1.807) is 12.1 Å². The van der Waals surface area contributed by atoms with Gasteiger partial charge in [-0.25, -0.2) is 4.39 Å². The van der Waals surface area contributed by atoms with Gasteiger partial charge in [-0.2, -0.15) is 5.26 Å². The number of ketones is 1. The Bertz CT molecular complexity index is 683. The molecule has 2 aromatic carbocycles. The monoisotopic (exact) mass is 301 g/mol. The molecule has 0 aliphatic heterocycles. The van der Waals surface area contributed by atoms with Gasteiger partial charge in [0.15, 0.2) is 5.78 Å². The Kier molecular flexibility index (Phi) is 4.72. The molecule has 0 fully saturated rings. The van der Waals surface area contributed by atoms with Crippen LogP contribution in [0.1, 0.15) is 34.3 Å². The van der Waals surface area contributed by atoms with Crippen molar-refractivity contribution in [3.05, 3.63) is 70.0 Å². The van der Waals surface area contributed by atoms with E-state index in [-0.39, 0.29) is 10.6 Å². The van der Waals surface area contributed by atoms with E-state index >= 15 is 0 Å². The van der Waals surface area contributed by atoms with Gasteiger partial charge in [-0.05, 0) is 24.1 Å². The van der Waals surface area contributed by atoms with Crippen molar-refractivity contribution in [3.63, 3.8) is 0 Å². The molecule has 2 aromatic rings. The summed E-state index contributed by atoms with van der Waals surface area (Å²) < 4.78 is 13.9. The summed E-state index contributed by atoms with van der Waals surface area (Å²) in [5.74, 6) is -2.34. The first kappa shape index (κ1) is 15.2. The van der Waals surface area contributed by atoms with Crippen LogP contribution in [0.3, 0.4) is 0 Å². The van der Waals surface area contributed by atoms with Crippen molar-refractivity contribution in [1.29, 1.82) is 5.26 Å². The highest BCUT2D eigenvalue weighted by Gasteiger charge is 2.26. The number of carbonyl (C=O) groups is 1. The third-order valence-corrected chi connectivity index (χ3v) is 3.66. The summed E-state index contributed by atoms with van der Waals surface area (Å²) in [5, 5.41) is 9.35. The van der Waals surface area contributed by atoms with Crippen molar-refractivity contribution >= 4 is 17.4 Å². The van der Waals surface area contributed by atoms with E-state index in [4.69, 9.17) is 11.6 Å². The molecule has 0 amide bonds. The molecule has 1 unspecified atom stereocenters. The molecular weight excluding hydrogens is 289 g/mol. The topological polar surface area (TPSA) is 40.9 Å². The lowest BCUT2D eigenvalue weighted by Gasteiger charge is -2.12. The van der Waals surface area contributed by atoms with E-state index in [9.17, 15) is 14.4 Å². The Morgan fingerprint density at radius 3 is 2.48 bits per heavy atom. The Hall–Kier alpha value is -2.18. The van der Waals surface area contributed by atoms with Crippen LogP contribution < -0.4 is 0 Å². The standard InChI is InChI=1S/C17H13ClFNO/c1-2-11-6-8-12(9-7-11)17(21)13(10-20)16-14(18)4-3-5-15(16)19/h3-9,13H,2H2,1H3. The van der Waals surface area contributed by atoms with Crippen molar-refractivity contribution in [3.8, 4) is 6.07 Å². The van der Waals surface area contributed by atoms with E-state index in [1.807, 2.05) is 25.1 Å². The van der Waals surface area contributed by atoms with Gasteiger partial charge in [0, 0.05) is 16.1 Å². The minimum atomic E-state index is -1.24. The highest BCUT2D eigenvalue weighted by molar-refractivity contribution is 6.31. The molecule has 4 heteroatoms. The summed E-state index contributed by atoms with van der Waals surface area (Å²) in [6, 6.07) is 12.9. The van der Waals surface area contributed by atoms with E-state index in [0.29, 0.717) is 5.56 Å². The molecule has 1 atom stereocenters. The van der Waals surface area contributed by atoms with Gasteiger partial charge in [0.05, 0.1) is 6.07 Å². The van der Waals surface area contributed by atoms with Crippen LogP contribution in [0.25, 0.3) is 0 Å². The summed E-state index contributed by atoms with van der Waals surface area (Å²) in [4.78, 5) is 12.4. The maximum Gasteiger partial charge on any atom is 0.184 e. The zero-order valence-electron chi connectivity index (χ0n) is 11.4. The van der Waals surface area contributed by atoms with Crippen molar-refractivity contribution in [2.24, 2.45) is 0 Å². The second-order valence-electron chi connectivity index (χ2n) is 4.61. The second kappa shape index (κ2) is 6.51. The van der Waals surface area contributed by atoms with E-state index < -0.39 is 17.5 Å². The predicted octanol–water partition coefficient (Wildman–Crippen LogP) is 4.53. The van der Waals surface area contributed by atoms with Crippen molar-refractivity contribution in [1.82, 2.24) is 0 Å². The average molecular weight is 302 g/mol. The number of hydrogen-bond acceptors (Lipinski definition) is 2. The SMILES string of the molecule is CCc1ccc(C(=O)C(C#N)c2c(F)cccc2Cl)cc1. The molecule has 0 aliphatic rings. The lowest BCUT2D eigenvalue weighted by Crippen LogP contribution is -2.13. The van der Waals surface area contributed by atoms with Gasteiger partial charge >= 0.3 is 0 Å². The maximum absolute atomic E-state index is 13.9. The van der Waals surface area contributed by atoms with E-state index in [2.05, 4.69) is 0 Å². The van der Waals surface area contributed by atoms with Gasteiger partial charge in [-0.3, -0.25) is 4.79 Å². The van der Waals surface area contributed by atoms with Crippen LogP contribution in [0.15, 0.2) is 42.5 Å². The second-order valence-corrected chi connectivity index (χ2v) is 5.02. The number of nitriles is 1. The van der Waals surface area contributed by atoms with Crippen molar-refractivity contribution < 1.29 is 9.18 Å². The number of benzene rings is 2. The van der Waals surface area contributed by atoms with Crippen LogP contribution in [0.4, 0.5) is 4.39 Å². The van der Waals surface area contributed by atoms with Crippen LogP contribution in [-0.2, 0) is 6.42 Å². The molecule has 0 saturated carbocycles. The minimum absolute atomic E-state index is 0.0637. The van der Waals surface area contributed by atoms with Gasteiger partial charge < -0.3 is 0 Å². The quantitative estimate of drug-likeness (QED) is 0.778. The number of carbonyl (C=O) groups excluding carboxylic acids is 1. The predicted molar refractivity (Wildman–Crippen MR) is 79.9 cm³/mol. The fraction of sp³-hybridized carbons (Fsp3) is 0.176. The highest BCUT2D eigenvalue weighted by atomic mass is 35.5. The molecule has 2 rings (SSSR count). The number of rotatable bonds is 4. The number of Topliss-reactive ketones (excluding diaryl/α,β-unsaturated/α-hetero) is 1. The molecule has 0 spiro atoms. The highest BCUT2D eigenvalue weighted by Crippen LogP contribution is 2.29. The van der Waals surface area contributed by atoms with Crippen molar-refractivity contribution in [2.45, 2.75) is 19.3 Å². The molecule has 0 saturated heterocycles. The molecule has 106 valence electrons. The summed E-state index contributed by atoms with van der Waals surface area (Å²) in [6.45, 7) is 2.01. The van der Waals surface area contributed by atoms with Gasteiger partial charge in [0.1, 0.15) is 11.7 Å². The summed E-state index contributed by atoms with van der Waals surface area (Å²) >= 11 is 5.94. The zero-order valence-corrected chi connectivity index (χ0v) is 12.2. The van der Waals surface area contributed by atoms with Crippen LogP contribution in [0.5, 0.6) is 0 Å². The summed E-state index contributed by atoms with van der Waals surface area (Å²) in [5.41, 5.74) is 1.40. The smallest absolute Gasteiger partial charge is 0.184 e. The Morgan fingerprint density at radius 1 is 1.29 bits per heavy atom. The van der Waals surface area contributed by atoms with Gasteiger partial charge in [-0.1, -0.05) is 48.9 Å². The molecule has 0 radical (unpaired) electrons. The lowest BCUT2D eigenvalue weighted by molar-refractivity contribution is 0.0977. The zero-order chi connectivity index (χ0) is 15.4.